The van der Waals surface area contributed by atoms with Gasteiger partial charge in [-0.3, -0.25) is 0 Å². The molecule has 0 unspecified atom stereocenters. The van der Waals surface area contributed by atoms with Crippen LogP contribution in [-0.4, -0.2) is 9.55 Å². The Morgan fingerprint density at radius 1 is 1.21 bits per heavy atom. The molecule has 0 bridgehead atoms. The van der Waals surface area contributed by atoms with Gasteiger partial charge in [-0.1, -0.05) is 36.7 Å². The van der Waals surface area contributed by atoms with Crippen molar-refractivity contribution in [1.82, 2.24) is 9.55 Å². The van der Waals surface area contributed by atoms with Crippen LogP contribution in [0.25, 0.3) is 11.0 Å². The average Bonchev–Trinajstić information content (AvgIpc) is 2.90. The topological polar surface area (TPSA) is 41.6 Å². The molecule has 2 aromatic carbocycles. The number of nitriles is 1. The van der Waals surface area contributed by atoms with Gasteiger partial charge in [0.1, 0.15) is 11.9 Å². The number of nitrogens with zero attached hydrogens (tertiary/aromatic N) is 3. The van der Waals surface area contributed by atoms with Gasteiger partial charge in [0, 0.05) is 16.5 Å². The van der Waals surface area contributed by atoms with Gasteiger partial charge in [-0.2, -0.15) is 5.26 Å². The maximum atomic E-state index is 9.52. The number of halogens is 1. The van der Waals surface area contributed by atoms with Crippen molar-refractivity contribution in [2.24, 2.45) is 0 Å². The van der Waals surface area contributed by atoms with E-state index >= 15 is 0 Å². The van der Waals surface area contributed by atoms with E-state index < -0.39 is 0 Å². The minimum Gasteiger partial charge on any atom is -0.321 e. The molecule has 0 radical (unpaired) electrons. The van der Waals surface area contributed by atoms with Crippen LogP contribution in [0.2, 0.25) is 5.02 Å². The summed E-state index contributed by atoms with van der Waals surface area (Å²) in [7, 11) is 0. The third-order valence-electron chi connectivity index (χ3n) is 4.95. The fraction of sp³-hybridized carbons (Fsp3) is 0.300. The van der Waals surface area contributed by atoms with Crippen LogP contribution >= 0.6 is 11.6 Å². The second-order valence-electron chi connectivity index (χ2n) is 6.71. The third-order valence-corrected chi connectivity index (χ3v) is 5.18. The van der Waals surface area contributed by atoms with Crippen LogP contribution in [0.1, 0.15) is 43.6 Å². The zero-order valence-corrected chi connectivity index (χ0v) is 15.1. The van der Waals surface area contributed by atoms with E-state index in [1.54, 1.807) is 0 Å². The van der Waals surface area contributed by atoms with Crippen molar-refractivity contribution >= 4 is 22.6 Å². The highest BCUT2D eigenvalue weighted by molar-refractivity contribution is 6.30. The number of aromatic nitrogens is 2. The van der Waals surface area contributed by atoms with Crippen LogP contribution in [0, 0.1) is 18.3 Å². The first-order valence-corrected chi connectivity index (χ1v) is 8.38. The summed E-state index contributed by atoms with van der Waals surface area (Å²) in [6.45, 7) is 8.54. The lowest BCUT2D eigenvalue weighted by Gasteiger charge is -2.35. The second-order valence-corrected chi connectivity index (χ2v) is 7.15. The van der Waals surface area contributed by atoms with Crippen molar-refractivity contribution < 1.29 is 0 Å². The normalized spacial score (nSPS) is 13.0. The van der Waals surface area contributed by atoms with E-state index in [2.05, 4.69) is 42.5 Å². The number of benzene rings is 2. The molecule has 3 nitrogen and oxygen atoms in total. The van der Waals surface area contributed by atoms with Crippen LogP contribution in [0.3, 0.4) is 0 Å². The zero-order valence-electron chi connectivity index (χ0n) is 14.3. The van der Waals surface area contributed by atoms with Gasteiger partial charge < -0.3 is 4.57 Å². The van der Waals surface area contributed by atoms with Crippen LogP contribution in [0.15, 0.2) is 42.5 Å². The van der Waals surface area contributed by atoms with Gasteiger partial charge in [0.05, 0.1) is 16.6 Å². The van der Waals surface area contributed by atoms with Gasteiger partial charge in [0.25, 0.3) is 0 Å². The molecule has 4 heteroatoms. The average molecular weight is 338 g/mol. The molecular formula is C20H20ClN3. The summed E-state index contributed by atoms with van der Waals surface area (Å²) in [4.78, 5) is 4.67. The van der Waals surface area contributed by atoms with Crippen molar-refractivity contribution in [3.63, 3.8) is 0 Å². The van der Waals surface area contributed by atoms with Gasteiger partial charge in [-0.25, -0.2) is 4.98 Å². The molecule has 3 aromatic rings. The molecule has 0 aliphatic heterocycles. The second kappa shape index (κ2) is 5.96. The van der Waals surface area contributed by atoms with Crippen molar-refractivity contribution in [1.29, 1.82) is 5.26 Å². The van der Waals surface area contributed by atoms with Crippen molar-refractivity contribution in [2.75, 3.05) is 0 Å². The van der Waals surface area contributed by atoms with E-state index in [1.807, 2.05) is 43.3 Å². The molecular weight excluding hydrogens is 318 g/mol. The molecule has 0 spiro atoms. The number of para-hydroxylation sites is 1. The Bertz CT molecular complexity index is 947. The monoisotopic (exact) mass is 337 g/mol. The molecule has 3 rings (SSSR count). The lowest BCUT2D eigenvalue weighted by atomic mass is 9.82. The lowest BCUT2D eigenvalue weighted by Crippen LogP contribution is -2.33. The maximum Gasteiger partial charge on any atom is 0.107 e. The minimum atomic E-state index is -0.267. The molecule has 0 aliphatic carbocycles. The van der Waals surface area contributed by atoms with Gasteiger partial charge >= 0.3 is 0 Å². The Morgan fingerprint density at radius 2 is 1.92 bits per heavy atom. The zero-order chi connectivity index (χ0) is 17.5. The van der Waals surface area contributed by atoms with Crippen LogP contribution < -0.4 is 0 Å². The first-order valence-electron chi connectivity index (χ1n) is 8.00. The molecule has 0 aliphatic rings. The standard InChI is InChI=1S/C20H20ClN3/c1-13(15-7-5-9-17(21)11-15)20(3,4)24-14(2)23-18-10-6-8-16(12-22)19(18)24/h5-11,13H,1-4H3/t13-/m1/s1. The summed E-state index contributed by atoms with van der Waals surface area (Å²) >= 11 is 6.18. The molecule has 0 N–H and O–H groups in total. The van der Waals surface area contributed by atoms with Crippen molar-refractivity contribution in [3.05, 3.63) is 64.4 Å². The van der Waals surface area contributed by atoms with Gasteiger partial charge in [-0.05, 0) is 50.6 Å². The van der Waals surface area contributed by atoms with Crippen molar-refractivity contribution in [3.8, 4) is 6.07 Å². The SMILES string of the molecule is Cc1nc2cccc(C#N)c2n1C(C)(C)[C@H](C)c1cccc(Cl)c1. The molecule has 1 aromatic heterocycles. The lowest BCUT2D eigenvalue weighted by molar-refractivity contribution is 0.299. The number of aryl methyl sites for hydroxylation is 1. The summed E-state index contributed by atoms with van der Waals surface area (Å²) in [6.07, 6.45) is 0. The molecule has 0 saturated heterocycles. The fourth-order valence-electron chi connectivity index (χ4n) is 3.42. The molecule has 122 valence electrons. The molecule has 24 heavy (non-hydrogen) atoms. The van der Waals surface area contributed by atoms with Gasteiger partial charge in [0.2, 0.25) is 0 Å². The van der Waals surface area contributed by atoms with E-state index in [1.165, 1.54) is 5.56 Å². The highest BCUT2D eigenvalue weighted by atomic mass is 35.5. The predicted octanol–water partition coefficient (Wildman–Crippen LogP) is 5.41. The summed E-state index contributed by atoms with van der Waals surface area (Å²) in [5.74, 6) is 1.10. The molecule has 1 heterocycles. The summed E-state index contributed by atoms with van der Waals surface area (Å²) in [5, 5.41) is 10.3. The van der Waals surface area contributed by atoms with Gasteiger partial charge in [-0.15, -0.1) is 0 Å². The highest BCUT2D eigenvalue weighted by Crippen LogP contribution is 2.38. The third kappa shape index (κ3) is 2.57. The Balaban J connectivity index is 2.22. The fourth-order valence-corrected chi connectivity index (χ4v) is 3.61. The highest BCUT2D eigenvalue weighted by Gasteiger charge is 2.32. The summed E-state index contributed by atoms with van der Waals surface area (Å²) in [6, 6.07) is 16.0. The summed E-state index contributed by atoms with van der Waals surface area (Å²) in [5.41, 5.74) is 3.31. The Kier molecular flexibility index (Phi) is 4.11. The number of fused-ring (bicyclic) bond motifs is 1. The van der Waals surface area contributed by atoms with E-state index in [-0.39, 0.29) is 11.5 Å². The molecule has 0 amide bonds. The number of imidazole rings is 1. The van der Waals surface area contributed by atoms with E-state index in [4.69, 9.17) is 11.6 Å². The molecule has 1 atom stereocenters. The van der Waals surface area contributed by atoms with Crippen LogP contribution in [-0.2, 0) is 5.54 Å². The number of hydrogen-bond acceptors (Lipinski definition) is 2. The Hall–Kier alpha value is -2.31. The van der Waals surface area contributed by atoms with Crippen LogP contribution in [0.4, 0.5) is 0 Å². The van der Waals surface area contributed by atoms with Crippen molar-refractivity contribution in [2.45, 2.75) is 39.2 Å². The first kappa shape index (κ1) is 16.5. The molecule has 0 fully saturated rings. The smallest absolute Gasteiger partial charge is 0.107 e. The number of hydrogen-bond donors (Lipinski definition) is 0. The molecule has 0 saturated carbocycles. The van der Waals surface area contributed by atoms with E-state index in [9.17, 15) is 5.26 Å². The Labute approximate surface area is 147 Å². The van der Waals surface area contributed by atoms with E-state index in [0.717, 1.165) is 21.9 Å². The number of rotatable bonds is 3. The van der Waals surface area contributed by atoms with Gasteiger partial charge in [0.15, 0.2) is 0 Å². The minimum absolute atomic E-state index is 0.194. The maximum absolute atomic E-state index is 9.52. The predicted molar refractivity (Wildman–Crippen MR) is 98.4 cm³/mol. The summed E-state index contributed by atoms with van der Waals surface area (Å²) < 4.78 is 2.19. The Morgan fingerprint density at radius 3 is 2.58 bits per heavy atom. The van der Waals surface area contributed by atoms with Crippen LogP contribution in [0.5, 0.6) is 0 Å². The first-order chi connectivity index (χ1) is 11.4. The van der Waals surface area contributed by atoms with E-state index in [0.29, 0.717) is 5.56 Å². The quantitative estimate of drug-likeness (QED) is 0.641. The largest absolute Gasteiger partial charge is 0.321 e.